The second kappa shape index (κ2) is 11.0. The zero-order valence-electron chi connectivity index (χ0n) is 17.2. The van der Waals surface area contributed by atoms with E-state index in [1.54, 1.807) is 0 Å². The van der Waals surface area contributed by atoms with Gasteiger partial charge in [-0.25, -0.2) is 4.68 Å². The number of aliphatic imine (C=N–C) groups is 1. The zero-order valence-corrected chi connectivity index (χ0v) is 19.6. The summed E-state index contributed by atoms with van der Waals surface area (Å²) in [6, 6.07) is 21.2. The molecule has 1 unspecified atom stereocenters. The van der Waals surface area contributed by atoms with Gasteiger partial charge in [0.1, 0.15) is 0 Å². The minimum Gasteiger partial charge on any atom is -0.369 e. The molecule has 6 nitrogen and oxygen atoms in total. The van der Waals surface area contributed by atoms with Gasteiger partial charge in [0.25, 0.3) is 0 Å². The summed E-state index contributed by atoms with van der Waals surface area (Å²) in [5.74, 6) is 0.861. The van der Waals surface area contributed by atoms with Crippen LogP contribution in [0.25, 0.3) is 5.69 Å². The molecule has 0 aliphatic carbocycles. The average Bonchev–Trinajstić information content (AvgIpc) is 3.44. The van der Waals surface area contributed by atoms with Crippen LogP contribution in [0, 0.1) is 0 Å². The number of nitrogens with one attached hydrogen (secondary N) is 2. The summed E-state index contributed by atoms with van der Waals surface area (Å²) in [7, 11) is 1.83. The topological polar surface area (TPSA) is 57.5 Å². The Labute approximate surface area is 195 Å². The molecule has 3 aromatic rings. The highest BCUT2D eigenvalue weighted by atomic mass is 127. The van der Waals surface area contributed by atoms with Gasteiger partial charge in [0.2, 0.25) is 0 Å². The van der Waals surface area contributed by atoms with Crippen LogP contribution >= 0.6 is 24.0 Å². The van der Waals surface area contributed by atoms with E-state index in [2.05, 4.69) is 74.3 Å². The van der Waals surface area contributed by atoms with Gasteiger partial charge in [0.05, 0.1) is 11.9 Å². The lowest BCUT2D eigenvalue weighted by Crippen LogP contribution is -2.45. The van der Waals surface area contributed by atoms with E-state index in [1.165, 1.54) is 11.3 Å². The van der Waals surface area contributed by atoms with Crippen LogP contribution in [-0.2, 0) is 6.42 Å². The number of hydrogen-bond donors (Lipinski definition) is 2. The fourth-order valence-corrected chi connectivity index (χ4v) is 3.68. The van der Waals surface area contributed by atoms with Crippen molar-refractivity contribution in [3.05, 3.63) is 78.6 Å². The monoisotopic (exact) mass is 516 g/mol. The molecule has 30 heavy (non-hydrogen) atoms. The molecule has 7 heteroatoms. The van der Waals surface area contributed by atoms with Gasteiger partial charge in [-0.1, -0.05) is 36.4 Å². The summed E-state index contributed by atoms with van der Waals surface area (Å²) in [4.78, 5) is 6.81. The first kappa shape index (κ1) is 22.1. The third kappa shape index (κ3) is 5.75. The highest BCUT2D eigenvalue weighted by molar-refractivity contribution is 14.0. The molecule has 4 rings (SSSR count). The molecule has 0 amide bonds. The van der Waals surface area contributed by atoms with E-state index >= 15 is 0 Å². The van der Waals surface area contributed by atoms with Gasteiger partial charge in [-0.15, -0.1) is 24.0 Å². The van der Waals surface area contributed by atoms with Crippen LogP contribution < -0.4 is 15.5 Å². The van der Waals surface area contributed by atoms with Gasteiger partial charge in [0.15, 0.2) is 5.96 Å². The maximum absolute atomic E-state index is 4.46. The first-order chi connectivity index (χ1) is 14.3. The Kier molecular flexibility index (Phi) is 8.12. The number of guanidine groups is 1. The van der Waals surface area contributed by atoms with Crippen LogP contribution in [0.1, 0.15) is 12.0 Å². The molecule has 1 fully saturated rings. The maximum atomic E-state index is 4.46. The predicted molar refractivity (Wildman–Crippen MR) is 134 cm³/mol. The van der Waals surface area contributed by atoms with Crippen LogP contribution in [0.4, 0.5) is 5.69 Å². The first-order valence-electron chi connectivity index (χ1n) is 10.2. The van der Waals surface area contributed by atoms with Gasteiger partial charge >= 0.3 is 0 Å². The predicted octanol–water partition coefficient (Wildman–Crippen LogP) is 3.48. The van der Waals surface area contributed by atoms with Gasteiger partial charge in [-0.05, 0) is 42.7 Å². The van der Waals surface area contributed by atoms with Crippen molar-refractivity contribution >= 4 is 35.6 Å². The molecule has 0 bridgehead atoms. The van der Waals surface area contributed by atoms with E-state index in [-0.39, 0.29) is 24.0 Å². The number of anilines is 1. The summed E-state index contributed by atoms with van der Waals surface area (Å²) in [6.45, 7) is 2.88. The van der Waals surface area contributed by atoms with Crippen molar-refractivity contribution in [1.82, 2.24) is 20.4 Å². The molecule has 2 aromatic carbocycles. The largest absolute Gasteiger partial charge is 0.369 e. The van der Waals surface area contributed by atoms with Crippen LogP contribution in [0.2, 0.25) is 0 Å². The molecule has 0 spiro atoms. The van der Waals surface area contributed by atoms with Crippen LogP contribution in [0.5, 0.6) is 0 Å². The summed E-state index contributed by atoms with van der Waals surface area (Å²) >= 11 is 0. The summed E-state index contributed by atoms with van der Waals surface area (Å²) in [5.41, 5.74) is 3.57. The van der Waals surface area contributed by atoms with E-state index < -0.39 is 0 Å². The Hall–Kier alpha value is -2.55. The molecular formula is C23H29IN6. The van der Waals surface area contributed by atoms with E-state index in [0.717, 1.165) is 44.1 Å². The van der Waals surface area contributed by atoms with Crippen molar-refractivity contribution in [3.63, 3.8) is 0 Å². The van der Waals surface area contributed by atoms with E-state index in [4.69, 9.17) is 0 Å². The molecule has 158 valence electrons. The van der Waals surface area contributed by atoms with Gasteiger partial charge in [0, 0.05) is 44.6 Å². The number of benzene rings is 2. The molecule has 0 radical (unpaired) electrons. The molecule has 2 N–H and O–H groups in total. The minimum absolute atomic E-state index is 0. The highest BCUT2D eigenvalue weighted by Crippen LogP contribution is 2.19. The van der Waals surface area contributed by atoms with Gasteiger partial charge < -0.3 is 15.5 Å². The summed E-state index contributed by atoms with van der Waals surface area (Å²) in [6.07, 6.45) is 6.02. The lowest BCUT2D eigenvalue weighted by molar-refractivity contribution is 0.648. The van der Waals surface area contributed by atoms with Crippen molar-refractivity contribution in [3.8, 4) is 5.69 Å². The molecular weight excluding hydrogens is 487 g/mol. The normalized spacial score (nSPS) is 16.2. The van der Waals surface area contributed by atoms with Crippen molar-refractivity contribution in [1.29, 1.82) is 0 Å². The van der Waals surface area contributed by atoms with Crippen LogP contribution in [0.15, 0.2) is 78.0 Å². The first-order valence-corrected chi connectivity index (χ1v) is 10.2. The number of halogens is 1. The Bertz CT molecular complexity index is 925. The van der Waals surface area contributed by atoms with Gasteiger partial charge in [-0.3, -0.25) is 4.99 Å². The Morgan fingerprint density at radius 1 is 1.07 bits per heavy atom. The number of nitrogens with zero attached hydrogens (tertiary/aromatic N) is 4. The summed E-state index contributed by atoms with van der Waals surface area (Å²) < 4.78 is 1.92. The molecule has 1 aliphatic heterocycles. The van der Waals surface area contributed by atoms with Crippen molar-refractivity contribution in [2.45, 2.75) is 18.9 Å². The van der Waals surface area contributed by atoms with Gasteiger partial charge in [-0.2, -0.15) is 5.10 Å². The van der Waals surface area contributed by atoms with Crippen molar-refractivity contribution < 1.29 is 0 Å². The number of para-hydroxylation sites is 2. The van der Waals surface area contributed by atoms with E-state index in [9.17, 15) is 0 Å². The standard InChI is InChI=1S/C23H28N6.HI/c1-24-23(27-20-13-15-28(18-20)21-8-4-2-5-9-21)25-14-12-19-16-26-29(17-19)22-10-6-3-7-11-22;/h2-11,16-17,20H,12-15,18H2,1H3,(H2,24,25,27);1H. The second-order valence-corrected chi connectivity index (χ2v) is 7.29. The summed E-state index contributed by atoms with van der Waals surface area (Å²) in [5, 5.41) is 11.5. The van der Waals surface area contributed by atoms with Crippen LogP contribution in [-0.4, -0.2) is 48.5 Å². The SMILES string of the molecule is CN=C(NCCc1cnn(-c2ccccc2)c1)NC1CCN(c2ccccc2)C1.I. The Balaban J connectivity index is 0.00000256. The van der Waals surface area contributed by atoms with Crippen molar-refractivity contribution in [2.75, 3.05) is 31.6 Å². The number of hydrogen-bond acceptors (Lipinski definition) is 3. The third-order valence-electron chi connectivity index (χ3n) is 5.24. The third-order valence-corrected chi connectivity index (χ3v) is 5.24. The zero-order chi connectivity index (χ0) is 19.9. The van der Waals surface area contributed by atoms with E-state index in [1.807, 2.05) is 36.1 Å². The lowest BCUT2D eigenvalue weighted by atomic mass is 10.2. The molecule has 1 saturated heterocycles. The Morgan fingerprint density at radius 3 is 2.47 bits per heavy atom. The molecule has 1 aliphatic rings. The van der Waals surface area contributed by atoms with E-state index in [0.29, 0.717) is 6.04 Å². The van der Waals surface area contributed by atoms with Crippen molar-refractivity contribution in [2.24, 2.45) is 4.99 Å². The smallest absolute Gasteiger partial charge is 0.191 e. The molecule has 1 atom stereocenters. The maximum Gasteiger partial charge on any atom is 0.191 e. The lowest BCUT2D eigenvalue weighted by Gasteiger charge is -2.20. The number of rotatable bonds is 6. The molecule has 2 heterocycles. The Morgan fingerprint density at radius 2 is 1.77 bits per heavy atom. The molecule has 0 saturated carbocycles. The number of aromatic nitrogens is 2. The van der Waals surface area contributed by atoms with Crippen LogP contribution in [0.3, 0.4) is 0 Å². The average molecular weight is 516 g/mol. The fraction of sp³-hybridized carbons (Fsp3) is 0.304. The minimum atomic E-state index is 0. The molecule has 1 aromatic heterocycles. The second-order valence-electron chi connectivity index (χ2n) is 7.29. The fourth-order valence-electron chi connectivity index (χ4n) is 3.68. The quantitative estimate of drug-likeness (QED) is 0.300. The highest BCUT2D eigenvalue weighted by Gasteiger charge is 2.23.